The van der Waals surface area contributed by atoms with Crippen molar-refractivity contribution in [2.75, 3.05) is 0 Å². The van der Waals surface area contributed by atoms with Crippen molar-refractivity contribution in [1.82, 2.24) is 4.98 Å². The fraction of sp³-hybridized carbons (Fsp3) is 0.273. The van der Waals surface area contributed by atoms with E-state index in [1.54, 1.807) is 12.1 Å². The van der Waals surface area contributed by atoms with Crippen LogP contribution in [0.4, 0.5) is 5.69 Å². The SMILES string of the molecule is CC(C)c1cc2ccc([N+](=O)[O-])cc2[nH]1. The fourth-order valence-electron chi connectivity index (χ4n) is 1.56. The van der Waals surface area contributed by atoms with Gasteiger partial charge in [-0.2, -0.15) is 0 Å². The highest BCUT2D eigenvalue weighted by molar-refractivity contribution is 5.82. The molecule has 0 aliphatic heterocycles. The van der Waals surface area contributed by atoms with E-state index in [9.17, 15) is 10.1 Å². The van der Waals surface area contributed by atoms with Gasteiger partial charge in [0.05, 0.1) is 10.4 Å². The molecule has 0 radical (unpaired) electrons. The highest BCUT2D eigenvalue weighted by Gasteiger charge is 2.09. The highest BCUT2D eigenvalue weighted by atomic mass is 16.6. The number of nitrogens with one attached hydrogen (secondary N) is 1. The van der Waals surface area contributed by atoms with E-state index in [2.05, 4.69) is 18.8 Å². The number of nitrogens with zero attached hydrogens (tertiary/aromatic N) is 1. The van der Waals surface area contributed by atoms with Crippen LogP contribution in [0.25, 0.3) is 10.9 Å². The molecule has 0 unspecified atom stereocenters. The molecule has 1 aromatic carbocycles. The molecule has 1 heterocycles. The zero-order chi connectivity index (χ0) is 11.0. The molecule has 0 aliphatic carbocycles. The average Bonchev–Trinajstić information content (AvgIpc) is 2.59. The van der Waals surface area contributed by atoms with E-state index in [4.69, 9.17) is 0 Å². The van der Waals surface area contributed by atoms with Crippen molar-refractivity contribution in [2.45, 2.75) is 19.8 Å². The first-order chi connectivity index (χ1) is 7.08. The maximum Gasteiger partial charge on any atom is 0.271 e. The Bertz CT molecular complexity index is 514. The van der Waals surface area contributed by atoms with Crippen LogP contribution in [0.3, 0.4) is 0 Å². The molecule has 0 atom stereocenters. The monoisotopic (exact) mass is 204 g/mol. The molecule has 0 amide bonds. The molecule has 4 nitrogen and oxygen atoms in total. The van der Waals surface area contributed by atoms with Gasteiger partial charge in [0.2, 0.25) is 0 Å². The minimum Gasteiger partial charge on any atom is -0.358 e. The summed E-state index contributed by atoms with van der Waals surface area (Å²) >= 11 is 0. The number of nitro groups is 1. The minimum atomic E-state index is -0.380. The predicted octanol–water partition coefficient (Wildman–Crippen LogP) is 3.20. The van der Waals surface area contributed by atoms with E-state index >= 15 is 0 Å². The van der Waals surface area contributed by atoms with E-state index in [0.29, 0.717) is 5.92 Å². The fourth-order valence-corrected chi connectivity index (χ4v) is 1.56. The number of aromatic nitrogens is 1. The minimum absolute atomic E-state index is 0.125. The smallest absolute Gasteiger partial charge is 0.271 e. The number of fused-ring (bicyclic) bond motifs is 1. The lowest BCUT2D eigenvalue weighted by atomic mass is 10.1. The maximum absolute atomic E-state index is 10.6. The van der Waals surface area contributed by atoms with Crippen LogP contribution in [0.15, 0.2) is 24.3 Å². The van der Waals surface area contributed by atoms with Gasteiger partial charge >= 0.3 is 0 Å². The number of non-ortho nitro benzene ring substituents is 1. The third kappa shape index (κ3) is 1.70. The van der Waals surface area contributed by atoms with Crippen LogP contribution in [-0.4, -0.2) is 9.91 Å². The largest absolute Gasteiger partial charge is 0.358 e. The van der Waals surface area contributed by atoms with Gasteiger partial charge in [-0.1, -0.05) is 13.8 Å². The number of aromatic amines is 1. The lowest BCUT2D eigenvalue weighted by Crippen LogP contribution is -1.87. The van der Waals surface area contributed by atoms with Gasteiger partial charge in [-0.25, -0.2) is 0 Å². The normalized spacial score (nSPS) is 11.1. The van der Waals surface area contributed by atoms with Crippen molar-refractivity contribution in [2.24, 2.45) is 0 Å². The second-order valence-corrected chi connectivity index (χ2v) is 3.91. The second-order valence-electron chi connectivity index (χ2n) is 3.91. The summed E-state index contributed by atoms with van der Waals surface area (Å²) in [6.07, 6.45) is 0. The van der Waals surface area contributed by atoms with E-state index in [-0.39, 0.29) is 10.6 Å². The van der Waals surface area contributed by atoms with Crippen LogP contribution < -0.4 is 0 Å². The molecule has 2 aromatic rings. The summed E-state index contributed by atoms with van der Waals surface area (Å²) in [6, 6.07) is 6.90. The van der Waals surface area contributed by atoms with Crippen LogP contribution in [0, 0.1) is 10.1 Å². The summed E-state index contributed by atoms with van der Waals surface area (Å²) in [5.74, 6) is 0.399. The summed E-state index contributed by atoms with van der Waals surface area (Å²) in [7, 11) is 0. The Morgan fingerprint density at radius 3 is 2.67 bits per heavy atom. The van der Waals surface area contributed by atoms with E-state index in [1.165, 1.54) is 6.07 Å². The zero-order valence-corrected chi connectivity index (χ0v) is 8.65. The van der Waals surface area contributed by atoms with Gasteiger partial charge in [-0.15, -0.1) is 0 Å². The van der Waals surface area contributed by atoms with Crippen LogP contribution in [0.5, 0.6) is 0 Å². The van der Waals surface area contributed by atoms with Crippen molar-refractivity contribution in [3.8, 4) is 0 Å². The van der Waals surface area contributed by atoms with Crippen molar-refractivity contribution in [1.29, 1.82) is 0 Å². The van der Waals surface area contributed by atoms with Crippen LogP contribution in [0.2, 0.25) is 0 Å². The summed E-state index contributed by atoms with van der Waals surface area (Å²) < 4.78 is 0. The number of benzene rings is 1. The lowest BCUT2D eigenvalue weighted by Gasteiger charge is -1.97. The molecule has 0 aliphatic rings. The Hall–Kier alpha value is -1.84. The van der Waals surface area contributed by atoms with Gasteiger partial charge in [0.15, 0.2) is 0 Å². The molecule has 0 saturated carbocycles. The lowest BCUT2D eigenvalue weighted by molar-refractivity contribution is -0.384. The highest BCUT2D eigenvalue weighted by Crippen LogP contribution is 2.24. The summed E-state index contributed by atoms with van der Waals surface area (Å²) in [5.41, 5.74) is 2.05. The summed E-state index contributed by atoms with van der Waals surface area (Å²) in [4.78, 5) is 13.4. The number of H-pyrrole nitrogens is 1. The Labute approximate surface area is 87.1 Å². The van der Waals surface area contributed by atoms with Crippen molar-refractivity contribution < 1.29 is 4.92 Å². The molecule has 0 saturated heterocycles. The molecule has 78 valence electrons. The quantitative estimate of drug-likeness (QED) is 0.603. The molecular weight excluding hydrogens is 192 g/mol. The van der Waals surface area contributed by atoms with Gasteiger partial charge in [-0.3, -0.25) is 10.1 Å². The second kappa shape index (κ2) is 3.38. The molecule has 0 spiro atoms. The third-order valence-electron chi connectivity index (χ3n) is 2.46. The Morgan fingerprint density at radius 2 is 2.07 bits per heavy atom. The van der Waals surface area contributed by atoms with Crippen molar-refractivity contribution >= 4 is 16.6 Å². The standard InChI is InChI=1S/C11H12N2O2/c1-7(2)10-5-8-3-4-9(13(14)15)6-11(8)12-10/h3-7,12H,1-2H3. The molecule has 4 heteroatoms. The number of hydrogen-bond acceptors (Lipinski definition) is 2. The molecular formula is C11H12N2O2. The Kier molecular flexibility index (Phi) is 2.19. The third-order valence-corrected chi connectivity index (χ3v) is 2.46. The van der Waals surface area contributed by atoms with Gasteiger partial charge in [-0.05, 0) is 18.1 Å². The number of hydrogen-bond donors (Lipinski definition) is 1. The number of nitro benzene ring substituents is 1. The summed E-state index contributed by atoms with van der Waals surface area (Å²) in [6.45, 7) is 4.16. The van der Waals surface area contributed by atoms with Crippen molar-refractivity contribution in [3.63, 3.8) is 0 Å². The number of rotatable bonds is 2. The Balaban J connectivity index is 2.57. The first-order valence-electron chi connectivity index (χ1n) is 4.85. The average molecular weight is 204 g/mol. The van der Waals surface area contributed by atoms with Gasteiger partial charge < -0.3 is 4.98 Å². The van der Waals surface area contributed by atoms with Crippen LogP contribution in [-0.2, 0) is 0 Å². The molecule has 15 heavy (non-hydrogen) atoms. The summed E-state index contributed by atoms with van der Waals surface area (Å²) in [5, 5.41) is 11.6. The topological polar surface area (TPSA) is 58.9 Å². The van der Waals surface area contributed by atoms with E-state index in [1.807, 2.05) is 6.07 Å². The molecule has 0 fully saturated rings. The Morgan fingerprint density at radius 1 is 1.33 bits per heavy atom. The van der Waals surface area contributed by atoms with Gasteiger partial charge in [0.25, 0.3) is 5.69 Å². The maximum atomic E-state index is 10.6. The molecule has 1 aromatic heterocycles. The first kappa shape index (κ1) is 9.71. The predicted molar refractivity (Wildman–Crippen MR) is 59.0 cm³/mol. The molecule has 1 N–H and O–H groups in total. The molecule has 0 bridgehead atoms. The van der Waals surface area contributed by atoms with E-state index < -0.39 is 0 Å². The van der Waals surface area contributed by atoms with Crippen LogP contribution >= 0.6 is 0 Å². The van der Waals surface area contributed by atoms with Crippen LogP contribution in [0.1, 0.15) is 25.5 Å². The van der Waals surface area contributed by atoms with E-state index in [0.717, 1.165) is 16.6 Å². The zero-order valence-electron chi connectivity index (χ0n) is 8.65. The molecule has 2 rings (SSSR count). The van der Waals surface area contributed by atoms with Crippen molar-refractivity contribution in [3.05, 3.63) is 40.1 Å². The van der Waals surface area contributed by atoms with Gasteiger partial charge in [0, 0.05) is 23.2 Å². The van der Waals surface area contributed by atoms with Gasteiger partial charge in [0.1, 0.15) is 0 Å². The first-order valence-corrected chi connectivity index (χ1v) is 4.85.